The first-order chi connectivity index (χ1) is 11.2. The molecule has 3 heterocycles. The molecule has 0 amide bonds. The molecule has 2 saturated heterocycles. The lowest BCUT2D eigenvalue weighted by atomic mass is 9.95. The number of likely N-dealkylation sites (N-methyl/N-ethyl adjacent to an activating group) is 1. The van der Waals surface area contributed by atoms with Crippen LogP contribution in [0.3, 0.4) is 0 Å². The predicted octanol–water partition coefficient (Wildman–Crippen LogP) is 2.32. The fourth-order valence-electron chi connectivity index (χ4n) is 3.73. The Morgan fingerprint density at radius 1 is 1.35 bits per heavy atom. The summed E-state index contributed by atoms with van der Waals surface area (Å²) in [6.07, 6.45) is 5.06. The second-order valence-electron chi connectivity index (χ2n) is 6.70. The molecule has 23 heavy (non-hydrogen) atoms. The smallest absolute Gasteiger partial charge is 0.323 e. The maximum atomic E-state index is 12.0. The minimum Gasteiger partial charge on any atom is -0.461 e. The van der Waals surface area contributed by atoms with Gasteiger partial charge in [-0.05, 0) is 44.4 Å². The SMILES string of the molecule is CCN(CC1CCN(c2ccccn2)CC1)[C@H]1C[C@H](C)OC1=O. The highest BCUT2D eigenvalue weighted by molar-refractivity contribution is 5.77. The maximum Gasteiger partial charge on any atom is 0.323 e. The van der Waals surface area contributed by atoms with Gasteiger partial charge in [0.25, 0.3) is 0 Å². The van der Waals surface area contributed by atoms with E-state index >= 15 is 0 Å². The Bertz CT molecular complexity index is 514. The number of carbonyl (C=O) groups excluding carboxylic acids is 1. The predicted molar refractivity (Wildman–Crippen MR) is 90.4 cm³/mol. The quantitative estimate of drug-likeness (QED) is 0.780. The lowest BCUT2D eigenvalue weighted by Crippen LogP contribution is -2.44. The summed E-state index contributed by atoms with van der Waals surface area (Å²) in [6, 6.07) is 6.04. The molecule has 0 bridgehead atoms. The number of carbonyl (C=O) groups is 1. The number of piperidine rings is 1. The fraction of sp³-hybridized carbons (Fsp3) is 0.667. The zero-order valence-electron chi connectivity index (χ0n) is 14.1. The monoisotopic (exact) mass is 317 g/mol. The van der Waals surface area contributed by atoms with Crippen molar-refractivity contribution in [3.8, 4) is 0 Å². The van der Waals surface area contributed by atoms with Gasteiger partial charge in [0, 0.05) is 32.3 Å². The molecule has 1 aromatic rings. The number of nitrogens with zero attached hydrogens (tertiary/aromatic N) is 3. The summed E-state index contributed by atoms with van der Waals surface area (Å²) in [7, 11) is 0. The minimum atomic E-state index is -0.0381. The third-order valence-electron chi connectivity index (χ3n) is 5.07. The summed E-state index contributed by atoms with van der Waals surface area (Å²) >= 11 is 0. The molecule has 2 aliphatic heterocycles. The molecule has 5 nitrogen and oxygen atoms in total. The van der Waals surface area contributed by atoms with Crippen LogP contribution in [0.1, 0.15) is 33.1 Å². The normalized spacial score (nSPS) is 25.9. The highest BCUT2D eigenvalue weighted by Crippen LogP contribution is 2.25. The molecule has 0 unspecified atom stereocenters. The van der Waals surface area contributed by atoms with Gasteiger partial charge in [-0.25, -0.2) is 4.98 Å². The van der Waals surface area contributed by atoms with Crippen LogP contribution < -0.4 is 4.90 Å². The van der Waals surface area contributed by atoms with E-state index in [-0.39, 0.29) is 18.1 Å². The van der Waals surface area contributed by atoms with Gasteiger partial charge in [-0.15, -0.1) is 0 Å². The van der Waals surface area contributed by atoms with E-state index < -0.39 is 0 Å². The van der Waals surface area contributed by atoms with Gasteiger partial charge >= 0.3 is 5.97 Å². The molecule has 1 aromatic heterocycles. The molecular formula is C18H27N3O2. The van der Waals surface area contributed by atoms with Crippen molar-refractivity contribution < 1.29 is 9.53 Å². The molecule has 126 valence electrons. The second-order valence-corrected chi connectivity index (χ2v) is 6.70. The van der Waals surface area contributed by atoms with Gasteiger partial charge < -0.3 is 9.64 Å². The fourth-order valence-corrected chi connectivity index (χ4v) is 3.73. The number of anilines is 1. The van der Waals surface area contributed by atoms with Crippen LogP contribution in [0.5, 0.6) is 0 Å². The maximum absolute atomic E-state index is 12.0. The number of hydrogen-bond donors (Lipinski definition) is 0. The highest BCUT2D eigenvalue weighted by Gasteiger charge is 2.36. The first-order valence-electron chi connectivity index (χ1n) is 8.78. The van der Waals surface area contributed by atoms with Gasteiger partial charge in [0.1, 0.15) is 18.0 Å². The average molecular weight is 317 g/mol. The Balaban J connectivity index is 1.52. The Hall–Kier alpha value is -1.62. The van der Waals surface area contributed by atoms with Gasteiger partial charge in [-0.3, -0.25) is 9.69 Å². The molecule has 0 N–H and O–H groups in total. The van der Waals surface area contributed by atoms with E-state index in [2.05, 4.69) is 27.8 Å². The first-order valence-corrected chi connectivity index (χ1v) is 8.78. The Morgan fingerprint density at radius 2 is 2.13 bits per heavy atom. The number of ether oxygens (including phenoxy) is 1. The van der Waals surface area contributed by atoms with Crippen molar-refractivity contribution in [1.29, 1.82) is 0 Å². The van der Waals surface area contributed by atoms with Gasteiger partial charge in [0.05, 0.1) is 0 Å². The van der Waals surface area contributed by atoms with Crippen molar-refractivity contribution in [2.24, 2.45) is 5.92 Å². The number of esters is 1. The number of cyclic esters (lactones) is 1. The summed E-state index contributed by atoms with van der Waals surface area (Å²) in [5.74, 6) is 1.69. The van der Waals surface area contributed by atoms with Gasteiger partial charge in [-0.1, -0.05) is 13.0 Å². The third-order valence-corrected chi connectivity index (χ3v) is 5.07. The topological polar surface area (TPSA) is 45.7 Å². The Labute approximate surface area is 138 Å². The number of pyridine rings is 1. The number of aromatic nitrogens is 1. The van der Waals surface area contributed by atoms with Crippen molar-refractivity contribution in [1.82, 2.24) is 9.88 Å². The average Bonchev–Trinajstić information content (AvgIpc) is 2.92. The summed E-state index contributed by atoms with van der Waals surface area (Å²) < 4.78 is 5.32. The van der Waals surface area contributed by atoms with Crippen molar-refractivity contribution in [2.75, 3.05) is 31.1 Å². The van der Waals surface area contributed by atoms with E-state index in [4.69, 9.17) is 4.74 Å². The lowest BCUT2D eigenvalue weighted by molar-refractivity contribution is -0.144. The van der Waals surface area contributed by atoms with Crippen LogP contribution in [0.4, 0.5) is 5.82 Å². The third kappa shape index (κ3) is 3.83. The molecule has 3 rings (SSSR count). The lowest BCUT2D eigenvalue weighted by Gasteiger charge is -2.36. The zero-order valence-corrected chi connectivity index (χ0v) is 14.1. The minimum absolute atomic E-state index is 0.0368. The van der Waals surface area contributed by atoms with Crippen LogP contribution in [-0.4, -0.2) is 54.2 Å². The number of rotatable bonds is 5. The first kappa shape index (κ1) is 16.2. The molecule has 2 atom stereocenters. The summed E-state index contributed by atoms with van der Waals surface area (Å²) in [5, 5.41) is 0. The van der Waals surface area contributed by atoms with Crippen LogP contribution >= 0.6 is 0 Å². The van der Waals surface area contributed by atoms with Crippen molar-refractivity contribution >= 4 is 11.8 Å². The van der Waals surface area contributed by atoms with E-state index in [1.165, 1.54) is 0 Å². The Morgan fingerprint density at radius 3 is 2.70 bits per heavy atom. The largest absolute Gasteiger partial charge is 0.461 e. The molecule has 0 radical (unpaired) electrons. The van der Waals surface area contributed by atoms with Crippen molar-refractivity contribution in [3.63, 3.8) is 0 Å². The van der Waals surface area contributed by atoms with Crippen LogP contribution in [0.2, 0.25) is 0 Å². The molecule has 0 aromatic carbocycles. The number of hydrogen-bond acceptors (Lipinski definition) is 5. The van der Waals surface area contributed by atoms with Crippen LogP contribution in [-0.2, 0) is 9.53 Å². The molecule has 0 saturated carbocycles. The van der Waals surface area contributed by atoms with Crippen molar-refractivity contribution in [3.05, 3.63) is 24.4 Å². The molecular weight excluding hydrogens is 290 g/mol. The van der Waals surface area contributed by atoms with Gasteiger partial charge in [0.15, 0.2) is 0 Å². The summed E-state index contributed by atoms with van der Waals surface area (Å²) in [6.45, 7) is 8.12. The summed E-state index contributed by atoms with van der Waals surface area (Å²) in [4.78, 5) is 21.1. The van der Waals surface area contributed by atoms with Crippen LogP contribution in [0.25, 0.3) is 0 Å². The van der Waals surface area contributed by atoms with Crippen LogP contribution in [0, 0.1) is 5.92 Å². The van der Waals surface area contributed by atoms with E-state index in [9.17, 15) is 4.79 Å². The molecule has 2 fully saturated rings. The van der Waals surface area contributed by atoms with E-state index in [1.807, 2.05) is 25.3 Å². The van der Waals surface area contributed by atoms with E-state index in [0.717, 1.165) is 51.3 Å². The molecule has 0 aliphatic carbocycles. The summed E-state index contributed by atoms with van der Waals surface area (Å²) in [5.41, 5.74) is 0. The van der Waals surface area contributed by atoms with Gasteiger partial charge in [-0.2, -0.15) is 0 Å². The van der Waals surface area contributed by atoms with E-state index in [0.29, 0.717) is 5.92 Å². The second kappa shape index (κ2) is 7.30. The molecule has 5 heteroatoms. The zero-order chi connectivity index (χ0) is 16.2. The highest BCUT2D eigenvalue weighted by atomic mass is 16.6. The molecule has 0 spiro atoms. The van der Waals surface area contributed by atoms with Crippen molar-refractivity contribution in [2.45, 2.75) is 45.3 Å². The standard InChI is InChI=1S/C18H27N3O2/c1-3-20(16-12-14(2)23-18(16)22)13-15-7-10-21(11-8-15)17-6-4-5-9-19-17/h4-6,9,14-16H,3,7-8,10-13H2,1-2H3/t14-,16-/m0/s1. The van der Waals surface area contributed by atoms with Crippen LogP contribution in [0.15, 0.2) is 24.4 Å². The Kier molecular flexibility index (Phi) is 5.16. The van der Waals surface area contributed by atoms with E-state index in [1.54, 1.807) is 0 Å². The van der Waals surface area contributed by atoms with Gasteiger partial charge in [0.2, 0.25) is 0 Å². The molecule has 2 aliphatic rings.